The van der Waals surface area contributed by atoms with E-state index in [0.717, 1.165) is 55.9 Å². The Labute approximate surface area is 148 Å². The van der Waals surface area contributed by atoms with Crippen molar-refractivity contribution in [2.45, 2.75) is 31.1 Å². The summed E-state index contributed by atoms with van der Waals surface area (Å²) in [5.41, 5.74) is 1.18. The minimum Gasteiger partial charge on any atom is -0.381 e. The Morgan fingerprint density at radius 2 is 1.96 bits per heavy atom. The first-order chi connectivity index (χ1) is 11.2. The van der Waals surface area contributed by atoms with Crippen LogP contribution >= 0.6 is 23.4 Å². The number of nitrogens with zero attached hydrogens (tertiary/aromatic N) is 1. The monoisotopic (exact) mass is 355 g/mol. The van der Waals surface area contributed by atoms with E-state index >= 15 is 0 Å². The van der Waals surface area contributed by atoms with E-state index in [4.69, 9.17) is 16.3 Å². The van der Waals surface area contributed by atoms with Gasteiger partial charge in [0.1, 0.15) is 0 Å². The zero-order valence-corrected chi connectivity index (χ0v) is 15.5. The van der Waals surface area contributed by atoms with Crippen molar-refractivity contribution in [2.24, 2.45) is 4.99 Å². The van der Waals surface area contributed by atoms with Crippen LogP contribution in [-0.2, 0) is 11.3 Å². The highest BCUT2D eigenvalue weighted by molar-refractivity contribution is 8.00. The van der Waals surface area contributed by atoms with Gasteiger partial charge in [0.25, 0.3) is 0 Å². The summed E-state index contributed by atoms with van der Waals surface area (Å²) >= 11 is 7.94. The lowest BCUT2D eigenvalue weighted by Gasteiger charge is -2.37. The smallest absolute Gasteiger partial charge is 0.191 e. The molecule has 128 valence electrons. The minimum atomic E-state index is 0.255. The van der Waals surface area contributed by atoms with Gasteiger partial charge >= 0.3 is 0 Å². The first-order valence-corrected chi connectivity index (χ1v) is 9.44. The Balaban J connectivity index is 1.85. The van der Waals surface area contributed by atoms with Crippen molar-refractivity contribution in [2.75, 3.05) is 32.6 Å². The molecule has 4 nitrogen and oxygen atoms in total. The molecule has 0 radical (unpaired) electrons. The second-order valence-electron chi connectivity index (χ2n) is 5.63. The van der Waals surface area contributed by atoms with Crippen LogP contribution in [0.25, 0.3) is 0 Å². The van der Waals surface area contributed by atoms with Crippen molar-refractivity contribution in [3.63, 3.8) is 0 Å². The molecule has 0 amide bonds. The molecule has 2 N–H and O–H groups in total. The molecule has 0 unspecified atom stereocenters. The molecule has 0 spiro atoms. The van der Waals surface area contributed by atoms with Crippen LogP contribution < -0.4 is 10.6 Å². The summed E-state index contributed by atoms with van der Waals surface area (Å²) in [6, 6.07) is 7.86. The highest BCUT2D eigenvalue weighted by atomic mass is 35.5. The maximum absolute atomic E-state index is 5.91. The number of rotatable bonds is 6. The van der Waals surface area contributed by atoms with Crippen molar-refractivity contribution in [3.8, 4) is 0 Å². The number of aliphatic imine (C=N–C) groups is 1. The number of ether oxygens (including phenoxy) is 1. The van der Waals surface area contributed by atoms with E-state index in [0.29, 0.717) is 0 Å². The molecular weight excluding hydrogens is 330 g/mol. The molecule has 1 saturated heterocycles. The van der Waals surface area contributed by atoms with Crippen LogP contribution in [0.4, 0.5) is 0 Å². The third kappa shape index (κ3) is 5.90. The lowest BCUT2D eigenvalue weighted by Crippen LogP contribution is -2.48. The molecule has 2 rings (SSSR count). The van der Waals surface area contributed by atoms with Crippen LogP contribution in [0.1, 0.15) is 25.3 Å². The van der Waals surface area contributed by atoms with Crippen molar-refractivity contribution >= 4 is 29.3 Å². The number of hydrogen-bond acceptors (Lipinski definition) is 3. The standard InChI is InChI=1S/C17H26ClN3OS/c1-3-23-17(8-10-22-11-9-17)13-21-16(19-2)20-12-14-4-6-15(18)7-5-14/h4-7H,3,8-13H2,1-2H3,(H2,19,20,21). The predicted molar refractivity (Wildman–Crippen MR) is 101 cm³/mol. The fraction of sp³-hybridized carbons (Fsp3) is 0.588. The normalized spacial score (nSPS) is 17.8. The molecular formula is C17H26ClN3OS. The third-order valence-electron chi connectivity index (χ3n) is 4.03. The lowest BCUT2D eigenvalue weighted by molar-refractivity contribution is 0.0782. The van der Waals surface area contributed by atoms with Gasteiger partial charge in [-0.05, 0) is 36.3 Å². The Hall–Kier alpha value is -0.910. The van der Waals surface area contributed by atoms with E-state index < -0.39 is 0 Å². The van der Waals surface area contributed by atoms with Crippen LogP contribution in [-0.4, -0.2) is 43.3 Å². The number of benzene rings is 1. The first-order valence-electron chi connectivity index (χ1n) is 8.08. The summed E-state index contributed by atoms with van der Waals surface area (Å²) < 4.78 is 5.78. The fourth-order valence-corrected chi connectivity index (χ4v) is 4.04. The predicted octanol–water partition coefficient (Wildman–Crippen LogP) is 3.31. The van der Waals surface area contributed by atoms with Gasteiger partial charge in [-0.1, -0.05) is 30.7 Å². The molecule has 6 heteroatoms. The van der Waals surface area contributed by atoms with E-state index in [2.05, 4.69) is 22.5 Å². The number of guanidine groups is 1. The highest BCUT2D eigenvalue weighted by Gasteiger charge is 2.32. The number of nitrogens with one attached hydrogen (secondary N) is 2. The second kappa shape index (κ2) is 9.40. The first kappa shape index (κ1) is 18.4. The average molecular weight is 356 g/mol. The van der Waals surface area contributed by atoms with Gasteiger partial charge in [-0.2, -0.15) is 11.8 Å². The molecule has 0 aliphatic carbocycles. The Morgan fingerprint density at radius 1 is 1.26 bits per heavy atom. The van der Waals surface area contributed by atoms with Gasteiger partial charge in [0.15, 0.2) is 5.96 Å². The van der Waals surface area contributed by atoms with Crippen molar-refractivity contribution < 1.29 is 4.74 Å². The molecule has 0 atom stereocenters. The van der Waals surface area contributed by atoms with Crippen molar-refractivity contribution in [1.82, 2.24) is 10.6 Å². The van der Waals surface area contributed by atoms with Crippen LogP contribution in [0.3, 0.4) is 0 Å². The minimum absolute atomic E-state index is 0.255. The average Bonchev–Trinajstić information content (AvgIpc) is 2.58. The quantitative estimate of drug-likeness (QED) is 0.607. The maximum Gasteiger partial charge on any atom is 0.191 e. The lowest BCUT2D eigenvalue weighted by atomic mass is 9.99. The summed E-state index contributed by atoms with van der Waals surface area (Å²) in [6.07, 6.45) is 2.18. The molecule has 1 fully saturated rings. The van der Waals surface area contributed by atoms with Crippen LogP contribution in [0.2, 0.25) is 5.02 Å². The molecule has 1 aliphatic rings. The van der Waals surface area contributed by atoms with E-state index in [9.17, 15) is 0 Å². The van der Waals surface area contributed by atoms with Crippen LogP contribution in [0.15, 0.2) is 29.3 Å². The van der Waals surface area contributed by atoms with Gasteiger partial charge in [0.05, 0.1) is 0 Å². The molecule has 1 aliphatic heterocycles. The summed E-state index contributed by atoms with van der Waals surface area (Å²) in [6.45, 7) is 5.56. The summed E-state index contributed by atoms with van der Waals surface area (Å²) in [5, 5.41) is 7.60. The maximum atomic E-state index is 5.91. The largest absolute Gasteiger partial charge is 0.381 e. The Morgan fingerprint density at radius 3 is 2.57 bits per heavy atom. The number of hydrogen-bond donors (Lipinski definition) is 2. The Bertz CT molecular complexity index is 496. The molecule has 0 saturated carbocycles. The summed E-state index contributed by atoms with van der Waals surface area (Å²) in [5.74, 6) is 1.96. The second-order valence-corrected chi connectivity index (χ2v) is 7.80. The summed E-state index contributed by atoms with van der Waals surface area (Å²) in [4.78, 5) is 4.32. The molecule has 1 aromatic carbocycles. The van der Waals surface area contributed by atoms with E-state index in [1.165, 1.54) is 5.56 Å². The number of halogens is 1. The number of thioether (sulfide) groups is 1. The molecule has 0 aromatic heterocycles. The molecule has 1 heterocycles. The third-order valence-corrected chi connectivity index (χ3v) is 5.73. The van der Waals surface area contributed by atoms with Crippen molar-refractivity contribution in [1.29, 1.82) is 0 Å². The van der Waals surface area contributed by atoms with Gasteiger partial charge in [0, 0.05) is 43.1 Å². The van der Waals surface area contributed by atoms with Crippen LogP contribution in [0.5, 0.6) is 0 Å². The van der Waals surface area contributed by atoms with Crippen molar-refractivity contribution in [3.05, 3.63) is 34.9 Å². The van der Waals surface area contributed by atoms with E-state index in [-0.39, 0.29) is 4.75 Å². The van der Waals surface area contributed by atoms with Gasteiger partial charge in [-0.3, -0.25) is 4.99 Å². The summed E-state index contributed by atoms with van der Waals surface area (Å²) in [7, 11) is 1.81. The molecule has 23 heavy (non-hydrogen) atoms. The highest BCUT2D eigenvalue weighted by Crippen LogP contribution is 2.34. The molecule has 1 aromatic rings. The van der Waals surface area contributed by atoms with Gasteiger partial charge in [-0.25, -0.2) is 0 Å². The van der Waals surface area contributed by atoms with Crippen LogP contribution in [0, 0.1) is 0 Å². The van der Waals surface area contributed by atoms with E-state index in [1.54, 1.807) is 7.05 Å². The van der Waals surface area contributed by atoms with Gasteiger partial charge in [-0.15, -0.1) is 0 Å². The zero-order chi connectivity index (χ0) is 16.5. The molecule has 0 bridgehead atoms. The van der Waals surface area contributed by atoms with E-state index in [1.807, 2.05) is 36.0 Å². The SMILES string of the molecule is CCSC1(CNC(=NC)NCc2ccc(Cl)cc2)CCOCC1. The fourth-order valence-electron chi connectivity index (χ4n) is 2.68. The topological polar surface area (TPSA) is 45.7 Å². The Kier molecular flexibility index (Phi) is 7.53. The van der Waals surface area contributed by atoms with Gasteiger partial charge in [0.2, 0.25) is 0 Å². The van der Waals surface area contributed by atoms with Gasteiger partial charge < -0.3 is 15.4 Å². The zero-order valence-electron chi connectivity index (χ0n) is 13.9.